The molecule has 2 heterocycles. The predicted octanol–water partition coefficient (Wildman–Crippen LogP) is 4.75. The highest BCUT2D eigenvalue weighted by Crippen LogP contribution is 2.30. The molecule has 0 N–H and O–H groups in total. The Balaban J connectivity index is 1.99. The second kappa shape index (κ2) is 8.29. The zero-order chi connectivity index (χ0) is 19.4. The molecule has 5 nitrogen and oxygen atoms in total. The Morgan fingerprint density at radius 1 is 1.15 bits per heavy atom. The van der Waals surface area contributed by atoms with Crippen molar-refractivity contribution in [3.05, 3.63) is 69.8 Å². The first-order chi connectivity index (χ1) is 12.9. The van der Waals surface area contributed by atoms with E-state index in [4.69, 9.17) is 9.15 Å². The number of aryl methyl sites for hydroxylation is 2. The van der Waals surface area contributed by atoms with Crippen LogP contribution in [0.3, 0.4) is 0 Å². The third kappa shape index (κ3) is 4.43. The molecule has 0 atom stereocenters. The van der Waals surface area contributed by atoms with Crippen molar-refractivity contribution >= 4 is 21.4 Å². The van der Waals surface area contributed by atoms with E-state index < -0.39 is 10.0 Å². The Kier molecular flexibility index (Phi) is 6.04. The summed E-state index contributed by atoms with van der Waals surface area (Å²) in [7, 11) is -3.69. The van der Waals surface area contributed by atoms with Gasteiger partial charge in [-0.25, -0.2) is 8.42 Å². The van der Waals surface area contributed by atoms with Crippen LogP contribution in [0.2, 0.25) is 0 Å². The molecule has 0 aliphatic heterocycles. The van der Waals surface area contributed by atoms with Crippen LogP contribution in [-0.4, -0.2) is 19.3 Å². The summed E-state index contributed by atoms with van der Waals surface area (Å²) in [6.07, 6.45) is 3.13. The van der Waals surface area contributed by atoms with Gasteiger partial charge in [-0.05, 0) is 61.5 Å². The summed E-state index contributed by atoms with van der Waals surface area (Å²) in [4.78, 5) is 1.27. The fraction of sp³-hybridized carbons (Fsp3) is 0.300. The average Bonchev–Trinajstić information content (AvgIpc) is 3.31. The van der Waals surface area contributed by atoms with Gasteiger partial charge in [-0.1, -0.05) is 6.07 Å². The average molecular weight is 406 g/mol. The topological polar surface area (TPSA) is 59.8 Å². The van der Waals surface area contributed by atoms with Crippen LogP contribution in [0.15, 0.2) is 57.6 Å². The van der Waals surface area contributed by atoms with Crippen LogP contribution in [0.4, 0.5) is 0 Å². The molecule has 0 spiro atoms. The first kappa shape index (κ1) is 19.7. The fourth-order valence-corrected chi connectivity index (χ4v) is 5.35. The third-order valence-corrected chi connectivity index (χ3v) is 6.84. The number of rotatable bonds is 8. The van der Waals surface area contributed by atoms with Gasteiger partial charge in [0.05, 0.1) is 24.0 Å². The number of nitrogens with zero attached hydrogens (tertiary/aromatic N) is 1. The zero-order valence-corrected chi connectivity index (χ0v) is 17.3. The lowest BCUT2D eigenvalue weighted by molar-refractivity contribution is 0.335. The lowest BCUT2D eigenvalue weighted by atomic mass is 10.1. The molecule has 0 fully saturated rings. The number of benzene rings is 1. The smallest absolute Gasteiger partial charge is 0.243 e. The molecule has 27 heavy (non-hydrogen) atoms. The first-order valence-corrected chi connectivity index (χ1v) is 11.0. The Morgan fingerprint density at radius 2 is 1.89 bits per heavy atom. The second-order valence-corrected chi connectivity index (χ2v) is 9.27. The summed E-state index contributed by atoms with van der Waals surface area (Å²) < 4.78 is 39.1. The molecular formula is C20H23NO4S2. The van der Waals surface area contributed by atoms with E-state index in [1.54, 1.807) is 42.1 Å². The summed E-state index contributed by atoms with van der Waals surface area (Å²) in [5, 5.41) is 1.95. The van der Waals surface area contributed by atoms with Crippen molar-refractivity contribution in [3.63, 3.8) is 0 Å². The highest BCUT2D eigenvalue weighted by Gasteiger charge is 2.27. The second-order valence-electron chi connectivity index (χ2n) is 6.30. The Bertz CT molecular complexity index is 918. The van der Waals surface area contributed by atoms with Crippen LogP contribution >= 0.6 is 11.3 Å². The Morgan fingerprint density at radius 3 is 2.44 bits per heavy atom. The van der Waals surface area contributed by atoms with Crippen LogP contribution in [0.25, 0.3) is 0 Å². The van der Waals surface area contributed by atoms with E-state index in [2.05, 4.69) is 0 Å². The lowest BCUT2D eigenvalue weighted by Gasteiger charge is -2.22. The Labute approximate surface area is 164 Å². The van der Waals surface area contributed by atoms with E-state index in [9.17, 15) is 8.42 Å². The van der Waals surface area contributed by atoms with Crippen molar-refractivity contribution in [1.29, 1.82) is 0 Å². The van der Waals surface area contributed by atoms with Gasteiger partial charge in [0, 0.05) is 23.5 Å². The Hall–Kier alpha value is -2.09. The number of hydrogen-bond acceptors (Lipinski definition) is 5. The standard InChI is InChI=1S/C20H23NO4S2/c1-4-25-20-15(2)10-19(11-16(20)3)27(22,23)21(12-17-7-8-24-14-17)13-18-6-5-9-26-18/h5-11,14H,4,12-13H2,1-3H3. The van der Waals surface area contributed by atoms with E-state index in [0.717, 1.165) is 27.3 Å². The normalized spacial score (nSPS) is 11.9. The fourth-order valence-electron chi connectivity index (χ4n) is 2.97. The molecule has 0 amide bonds. The molecule has 0 saturated heterocycles. The van der Waals surface area contributed by atoms with E-state index in [1.807, 2.05) is 38.3 Å². The maximum Gasteiger partial charge on any atom is 0.243 e. The van der Waals surface area contributed by atoms with E-state index >= 15 is 0 Å². The minimum Gasteiger partial charge on any atom is -0.493 e. The quantitative estimate of drug-likeness (QED) is 0.543. The maximum atomic E-state index is 13.4. The molecule has 0 bridgehead atoms. The summed E-state index contributed by atoms with van der Waals surface area (Å²) in [5.41, 5.74) is 2.44. The van der Waals surface area contributed by atoms with E-state index in [0.29, 0.717) is 13.2 Å². The largest absolute Gasteiger partial charge is 0.493 e. The summed E-state index contributed by atoms with van der Waals surface area (Å²) >= 11 is 1.54. The van der Waals surface area contributed by atoms with Gasteiger partial charge < -0.3 is 9.15 Å². The van der Waals surface area contributed by atoms with E-state index in [1.165, 1.54) is 4.31 Å². The van der Waals surface area contributed by atoms with Crippen molar-refractivity contribution in [3.8, 4) is 5.75 Å². The number of sulfonamides is 1. The summed E-state index contributed by atoms with van der Waals surface area (Å²) in [5.74, 6) is 0.746. The van der Waals surface area contributed by atoms with Crippen LogP contribution < -0.4 is 4.74 Å². The highest BCUT2D eigenvalue weighted by atomic mass is 32.2. The van der Waals surface area contributed by atoms with Gasteiger partial charge >= 0.3 is 0 Å². The van der Waals surface area contributed by atoms with Gasteiger partial charge in [-0.2, -0.15) is 4.31 Å². The van der Waals surface area contributed by atoms with Gasteiger partial charge in [-0.3, -0.25) is 0 Å². The lowest BCUT2D eigenvalue weighted by Crippen LogP contribution is -2.30. The zero-order valence-electron chi connectivity index (χ0n) is 15.6. The summed E-state index contributed by atoms with van der Waals surface area (Å²) in [6, 6.07) is 9.02. The number of furan rings is 1. The van der Waals surface area contributed by atoms with Crippen LogP contribution in [0.1, 0.15) is 28.5 Å². The predicted molar refractivity (Wildman–Crippen MR) is 107 cm³/mol. The van der Waals surface area contributed by atoms with Crippen molar-refractivity contribution in [2.24, 2.45) is 0 Å². The molecule has 3 rings (SSSR count). The van der Waals surface area contributed by atoms with Crippen molar-refractivity contribution in [2.45, 2.75) is 38.8 Å². The van der Waals surface area contributed by atoms with Gasteiger partial charge in [0.15, 0.2) is 0 Å². The monoisotopic (exact) mass is 405 g/mol. The van der Waals surface area contributed by atoms with Crippen molar-refractivity contribution in [2.75, 3.05) is 6.61 Å². The molecule has 0 saturated carbocycles. The molecular weight excluding hydrogens is 382 g/mol. The van der Waals surface area contributed by atoms with E-state index in [-0.39, 0.29) is 11.4 Å². The molecule has 2 aromatic heterocycles. The molecule has 144 valence electrons. The molecule has 0 aliphatic rings. The minimum absolute atomic E-state index is 0.252. The molecule has 3 aromatic rings. The molecule has 0 unspecified atom stereocenters. The van der Waals surface area contributed by atoms with Crippen molar-refractivity contribution < 1.29 is 17.6 Å². The molecule has 7 heteroatoms. The van der Waals surface area contributed by atoms with Crippen LogP contribution in [-0.2, 0) is 23.1 Å². The first-order valence-electron chi connectivity index (χ1n) is 8.69. The summed E-state index contributed by atoms with van der Waals surface area (Å²) in [6.45, 7) is 6.77. The SMILES string of the molecule is CCOc1c(C)cc(S(=O)(=O)N(Cc2ccoc2)Cc2cccs2)cc1C. The number of hydrogen-bond donors (Lipinski definition) is 0. The molecule has 1 aromatic carbocycles. The highest BCUT2D eigenvalue weighted by molar-refractivity contribution is 7.89. The molecule has 0 radical (unpaired) electrons. The van der Waals surface area contributed by atoms with Gasteiger partial charge in [0.1, 0.15) is 5.75 Å². The van der Waals surface area contributed by atoms with Crippen LogP contribution in [0, 0.1) is 13.8 Å². The number of ether oxygens (including phenoxy) is 1. The van der Waals surface area contributed by atoms with Gasteiger partial charge in [-0.15, -0.1) is 11.3 Å². The minimum atomic E-state index is -3.69. The van der Waals surface area contributed by atoms with Gasteiger partial charge in [0.25, 0.3) is 0 Å². The van der Waals surface area contributed by atoms with Crippen LogP contribution in [0.5, 0.6) is 5.75 Å². The molecule has 0 aliphatic carbocycles. The van der Waals surface area contributed by atoms with Crippen molar-refractivity contribution in [1.82, 2.24) is 4.31 Å². The third-order valence-electron chi connectivity index (χ3n) is 4.21. The maximum absolute atomic E-state index is 13.4. The van der Waals surface area contributed by atoms with Gasteiger partial charge in [0.2, 0.25) is 10.0 Å². The number of thiophene rings is 1.